The summed E-state index contributed by atoms with van der Waals surface area (Å²) in [7, 11) is 1.53. The number of nitrogens with two attached hydrogens (primary N) is 1. The van der Waals surface area contributed by atoms with Gasteiger partial charge in [-0.05, 0) is 29.9 Å². The van der Waals surface area contributed by atoms with Gasteiger partial charge >= 0.3 is 0 Å². The van der Waals surface area contributed by atoms with Gasteiger partial charge in [0.25, 0.3) is 0 Å². The molecule has 0 aliphatic carbocycles. The molecule has 0 bridgehead atoms. The lowest BCUT2D eigenvalue weighted by molar-refractivity contribution is 0.407. The molecule has 2 nitrogen and oxygen atoms in total. The number of rotatable bonds is 3. The van der Waals surface area contributed by atoms with E-state index < -0.39 is 0 Å². The van der Waals surface area contributed by atoms with E-state index in [-0.39, 0.29) is 11.9 Å². The Morgan fingerprint density at radius 3 is 2.94 bits per heavy atom. The summed E-state index contributed by atoms with van der Waals surface area (Å²) in [4.78, 5) is 0. The minimum absolute atomic E-state index is 0.194. The molecular weight excluding hydrogens is 225 g/mol. The summed E-state index contributed by atoms with van der Waals surface area (Å²) in [5, 5.41) is 0. The Bertz CT molecular complexity index is 366. The number of ether oxygens (including phenoxy) is 1. The van der Waals surface area contributed by atoms with Gasteiger partial charge in [-0.1, -0.05) is 6.07 Å². The van der Waals surface area contributed by atoms with Gasteiger partial charge < -0.3 is 10.5 Å². The van der Waals surface area contributed by atoms with Crippen molar-refractivity contribution in [1.82, 2.24) is 0 Å². The average molecular weight is 241 g/mol. The van der Waals surface area contributed by atoms with Crippen molar-refractivity contribution < 1.29 is 9.13 Å². The van der Waals surface area contributed by atoms with Crippen molar-refractivity contribution in [1.29, 1.82) is 0 Å². The Labute approximate surface area is 99.4 Å². The van der Waals surface area contributed by atoms with E-state index in [0.29, 0.717) is 17.2 Å². The van der Waals surface area contributed by atoms with Gasteiger partial charge in [0.1, 0.15) is 11.6 Å². The average Bonchev–Trinajstić information content (AvgIpc) is 2.81. The van der Waals surface area contributed by atoms with E-state index in [2.05, 4.69) is 0 Å². The van der Waals surface area contributed by atoms with E-state index in [9.17, 15) is 4.39 Å². The van der Waals surface area contributed by atoms with Crippen LogP contribution in [-0.4, -0.2) is 18.6 Å². The molecule has 1 aliphatic heterocycles. The fraction of sp³-hybridized carbons (Fsp3) is 0.500. The molecule has 0 spiro atoms. The quantitative estimate of drug-likeness (QED) is 0.883. The molecule has 4 heteroatoms. The zero-order valence-corrected chi connectivity index (χ0v) is 10.1. The normalized spacial score (nSPS) is 22.1. The van der Waals surface area contributed by atoms with Crippen LogP contribution in [0.15, 0.2) is 18.2 Å². The highest BCUT2D eigenvalue weighted by Gasteiger charge is 2.25. The molecule has 2 rings (SSSR count). The SMILES string of the molecule is COc1ccc(C(N)C2CCSC2)c(F)c1. The lowest BCUT2D eigenvalue weighted by Crippen LogP contribution is -2.22. The van der Waals surface area contributed by atoms with Crippen molar-refractivity contribution in [3.05, 3.63) is 29.6 Å². The van der Waals surface area contributed by atoms with E-state index in [1.807, 2.05) is 11.8 Å². The van der Waals surface area contributed by atoms with Crippen LogP contribution in [0, 0.1) is 11.7 Å². The minimum Gasteiger partial charge on any atom is -0.497 e. The molecule has 1 aliphatic rings. The van der Waals surface area contributed by atoms with Gasteiger partial charge in [0.05, 0.1) is 7.11 Å². The van der Waals surface area contributed by atoms with Crippen molar-refractivity contribution in [3.8, 4) is 5.75 Å². The molecule has 16 heavy (non-hydrogen) atoms. The summed E-state index contributed by atoms with van der Waals surface area (Å²) in [5.41, 5.74) is 6.70. The Morgan fingerprint density at radius 1 is 1.56 bits per heavy atom. The first-order valence-corrected chi connectivity index (χ1v) is 6.54. The van der Waals surface area contributed by atoms with Crippen LogP contribution in [-0.2, 0) is 0 Å². The molecule has 0 radical (unpaired) electrons. The van der Waals surface area contributed by atoms with Crippen molar-refractivity contribution in [3.63, 3.8) is 0 Å². The second-order valence-electron chi connectivity index (χ2n) is 4.04. The van der Waals surface area contributed by atoms with Crippen LogP contribution in [0.4, 0.5) is 4.39 Å². The summed E-state index contributed by atoms with van der Waals surface area (Å²) in [6, 6.07) is 4.71. The Morgan fingerprint density at radius 2 is 2.38 bits per heavy atom. The van der Waals surface area contributed by atoms with Gasteiger partial charge in [0.15, 0.2) is 0 Å². The predicted molar refractivity (Wildman–Crippen MR) is 65.3 cm³/mol. The smallest absolute Gasteiger partial charge is 0.131 e. The summed E-state index contributed by atoms with van der Waals surface area (Å²) in [5.74, 6) is 2.84. The second kappa shape index (κ2) is 5.06. The zero-order valence-electron chi connectivity index (χ0n) is 9.28. The van der Waals surface area contributed by atoms with E-state index in [1.165, 1.54) is 13.2 Å². The topological polar surface area (TPSA) is 35.2 Å². The highest BCUT2D eigenvalue weighted by atomic mass is 32.2. The first-order chi connectivity index (χ1) is 7.72. The maximum absolute atomic E-state index is 13.8. The van der Waals surface area contributed by atoms with Gasteiger partial charge in [-0.2, -0.15) is 11.8 Å². The molecule has 2 N–H and O–H groups in total. The Kier molecular flexibility index (Phi) is 3.71. The lowest BCUT2D eigenvalue weighted by atomic mass is 9.93. The number of benzene rings is 1. The van der Waals surface area contributed by atoms with Crippen LogP contribution in [0.1, 0.15) is 18.0 Å². The monoisotopic (exact) mass is 241 g/mol. The highest BCUT2D eigenvalue weighted by Crippen LogP contribution is 2.34. The van der Waals surface area contributed by atoms with Crippen molar-refractivity contribution in [2.75, 3.05) is 18.6 Å². The molecule has 1 aromatic carbocycles. The zero-order chi connectivity index (χ0) is 11.5. The maximum atomic E-state index is 13.8. The highest BCUT2D eigenvalue weighted by molar-refractivity contribution is 7.99. The van der Waals surface area contributed by atoms with E-state index in [0.717, 1.165) is 17.9 Å². The number of halogens is 1. The molecule has 1 saturated heterocycles. The van der Waals surface area contributed by atoms with Crippen molar-refractivity contribution >= 4 is 11.8 Å². The van der Waals surface area contributed by atoms with Gasteiger partial charge in [0.2, 0.25) is 0 Å². The molecule has 2 unspecified atom stereocenters. The van der Waals surface area contributed by atoms with Crippen molar-refractivity contribution in [2.45, 2.75) is 12.5 Å². The molecule has 0 saturated carbocycles. The largest absolute Gasteiger partial charge is 0.497 e. The first-order valence-electron chi connectivity index (χ1n) is 5.39. The minimum atomic E-state index is -0.260. The second-order valence-corrected chi connectivity index (χ2v) is 5.19. The maximum Gasteiger partial charge on any atom is 0.131 e. The summed E-state index contributed by atoms with van der Waals surface area (Å²) < 4.78 is 18.7. The number of hydrogen-bond donors (Lipinski definition) is 1. The molecule has 88 valence electrons. The molecule has 0 amide bonds. The standard InChI is InChI=1S/C12H16FNOS/c1-15-9-2-3-10(11(13)6-9)12(14)8-4-5-16-7-8/h2-3,6,8,12H,4-5,7,14H2,1H3. The van der Waals surface area contributed by atoms with Crippen molar-refractivity contribution in [2.24, 2.45) is 11.7 Å². The molecule has 1 fully saturated rings. The van der Waals surface area contributed by atoms with E-state index in [1.54, 1.807) is 12.1 Å². The summed E-state index contributed by atoms with van der Waals surface area (Å²) in [6.07, 6.45) is 1.08. The number of thioether (sulfide) groups is 1. The molecule has 0 aromatic heterocycles. The van der Waals surface area contributed by atoms with Gasteiger partial charge in [-0.25, -0.2) is 4.39 Å². The predicted octanol–water partition coefficient (Wildman–Crippen LogP) is 2.59. The first kappa shape index (κ1) is 11.7. The van der Waals surface area contributed by atoms with Crippen LogP contribution in [0.3, 0.4) is 0 Å². The summed E-state index contributed by atoms with van der Waals surface area (Å²) in [6.45, 7) is 0. The van der Waals surface area contributed by atoms with Gasteiger partial charge in [-0.3, -0.25) is 0 Å². The molecule has 1 aromatic rings. The fourth-order valence-electron chi connectivity index (χ4n) is 2.00. The third-order valence-electron chi connectivity index (χ3n) is 3.04. The summed E-state index contributed by atoms with van der Waals surface area (Å²) >= 11 is 1.89. The molecule has 1 heterocycles. The van der Waals surface area contributed by atoms with E-state index in [4.69, 9.17) is 10.5 Å². The third kappa shape index (κ3) is 2.33. The fourth-order valence-corrected chi connectivity index (χ4v) is 3.31. The van der Waals surface area contributed by atoms with Crippen LogP contribution in [0.25, 0.3) is 0 Å². The lowest BCUT2D eigenvalue weighted by Gasteiger charge is -2.19. The molecule has 2 atom stereocenters. The third-order valence-corrected chi connectivity index (χ3v) is 4.23. The van der Waals surface area contributed by atoms with Crippen LogP contribution >= 0.6 is 11.8 Å². The number of methoxy groups -OCH3 is 1. The van der Waals surface area contributed by atoms with Crippen LogP contribution in [0.5, 0.6) is 5.75 Å². The van der Waals surface area contributed by atoms with Gasteiger partial charge in [-0.15, -0.1) is 0 Å². The van der Waals surface area contributed by atoms with Gasteiger partial charge in [0, 0.05) is 17.7 Å². The Hall–Kier alpha value is -0.740. The van der Waals surface area contributed by atoms with Crippen LogP contribution < -0.4 is 10.5 Å². The number of hydrogen-bond acceptors (Lipinski definition) is 3. The molecular formula is C12H16FNOS. The van der Waals surface area contributed by atoms with E-state index >= 15 is 0 Å². The van der Waals surface area contributed by atoms with Crippen LogP contribution in [0.2, 0.25) is 0 Å². The Balaban J connectivity index is 2.19.